The van der Waals surface area contributed by atoms with Crippen molar-refractivity contribution in [1.82, 2.24) is 0 Å². The van der Waals surface area contributed by atoms with Crippen molar-refractivity contribution in [2.45, 2.75) is 76.7 Å². The van der Waals surface area contributed by atoms with Crippen LogP contribution >= 0.6 is 0 Å². The van der Waals surface area contributed by atoms with E-state index in [4.69, 9.17) is 4.74 Å². The quantitative estimate of drug-likeness (QED) is 0.388. The first kappa shape index (κ1) is 17.4. The molecule has 29 heavy (non-hydrogen) atoms. The summed E-state index contributed by atoms with van der Waals surface area (Å²) in [5.74, 6) is 6.32. The molecule has 0 radical (unpaired) electrons. The Balaban J connectivity index is 1.30. The Bertz CT molecular complexity index is 843. The minimum absolute atomic E-state index is 0.0651. The summed E-state index contributed by atoms with van der Waals surface area (Å²) < 4.78 is 6.27. The Labute approximate surface area is 173 Å². The molecule has 0 aromatic heterocycles. The molecule has 0 aromatic carbocycles. The average Bonchev–Trinajstić information content (AvgIpc) is 3.64. The summed E-state index contributed by atoms with van der Waals surface area (Å²) in [7, 11) is 0. The number of ether oxygens (including phenoxy) is 1. The second-order valence-electron chi connectivity index (χ2n) is 11.8. The lowest BCUT2D eigenvalue weighted by Crippen LogP contribution is -2.57. The summed E-state index contributed by atoms with van der Waals surface area (Å²) in [6.45, 7) is 2.52. The van der Waals surface area contributed by atoms with Crippen molar-refractivity contribution in [3.8, 4) is 0 Å². The van der Waals surface area contributed by atoms with E-state index < -0.39 is 0 Å². The number of hydrogen-bond acceptors (Lipinski definition) is 4. The lowest BCUT2D eigenvalue weighted by molar-refractivity contribution is -0.177. The number of oxime groups is 1. The molecule has 1 aliphatic heterocycles. The van der Waals surface area contributed by atoms with Gasteiger partial charge in [0.2, 0.25) is 0 Å². The molecule has 5 saturated carbocycles. The van der Waals surface area contributed by atoms with Crippen LogP contribution in [0.25, 0.3) is 0 Å². The molecule has 156 valence electrons. The van der Waals surface area contributed by atoms with Gasteiger partial charge in [-0.2, -0.15) is 0 Å². The number of nitrogens with zero attached hydrogens (tertiary/aromatic N) is 1. The van der Waals surface area contributed by atoms with E-state index in [1.54, 1.807) is 5.57 Å². The molecule has 3 unspecified atom stereocenters. The van der Waals surface area contributed by atoms with Crippen LogP contribution in [0.5, 0.6) is 0 Å². The molecule has 0 amide bonds. The lowest BCUT2D eigenvalue weighted by Gasteiger charge is -2.59. The van der Waals surface area contributed by atoms with Gasteiger partial charge in [-0.05, 0) is 105 Å². The second-order valence-corrected chi connectivity index (χ2v) is 11.8. The number of allylic oxidation sites excluding steroid dienone is 2. The third-order valence-electron chi connectivity index (χ3n) is 10.9. The van der Waals surface area contributed by atoms with Gasteiger partial charge in [-0.25, -0.2) is 0 Å². The van der Waals surface area contributed by atoms with E-state index >= 15 is 0 Å². The first-order chi connectivity index (χ1) is 14.1. The SMILES string of the molecule is C[C@]12CCC3C(C1[C@H]1C[C@H]1[C@@]21CCC(=O)O1)[C@@H](C1CC1)CC1=C/C(=N/O)CC[C@@H]13. The summed E-state index contributed by atoms with van der Waals surface area (Å²) in [6, 6.07) is 0. The van der Waals surface area contributed by atoms with Crippen molar-refractivity contribution >= 4 is 11.7 Å². The average molecular weight is 396 g/mol. The van der Waals surface area contributed by atoms with Crippen LogP contribution < -0.4 is 0 Å². The van der Waals surface area contributed by atoms with Crippen LogP contribution in [-0.4, -0.2) is 22.5 Å². The number of hydrogen-bond donors (Lipinski definition) is 1. The molecule has 1 saturated heterocycles. The zero-order chi connectivity index (χ0) is 19.5. The van der Waals surface area contributed by atoms with Crippen LogP contribution in [0.2, 0.25) is 0 Å². The monoisotopic (exact) mass is 395 g/mol. The highest BCUT2D eigenvalue weighted by molar-refractivity contribution is 5.96. The zero-order valence-electron chi connectivity index (χ0n) is 17.5. The van der Waals surface area contributed by atoms with Gasteiger partial charge in [-0.3, -0.25) is 4.79 Å². The third kappa shape index (κ3) is 2.07. The van der Waals surface area contributed by atoms with Gasteiger partial charge in [-0.1, -0.05) is 17.7 Å². The number of esters is 1. The van der Waals surface area contributed by atoms with Crippen molar-refractivity contribution in [1.29, 1.82) is 0 Å². The van der Waals surface area contributed by atoms with Crippen molar-refractivity contribution in [3.63, 3.8) is 0 Å². The Morgan fingerprint density at radius 2 is 1.97 bits per heavy atom. The molecule has 1 heterocycles. The Morgan fingerprint density at radius 3 is 2.69 bits per heavy atom. The first-order valence-electron chi connectivity index (χ1n) is 12.2. The normalized spacial score (nSPS) is 56.3. The Hall–Kier alpha value is -1.32. The van der Waals surface area contributed by atoms with Crippen molar-refractivity contribution < 1.29 is 14.7 Å². The van der Waals surface area contributed by atoms with Gasteiger partial charge in [0, 0.05) is 17.8 Å². The maximum atomic E-state index is 12.2. The first-order valence-corrected chi connectivity index (χ1v) is 12.2. The molecule has 9 atom stereocenters. The molecular weight excluding hydrogens is 362 g/mol. The van der Waals surface area contributed by atoms with Crippen molar-refractivity contribution in [2.24, 2.45) is 57.9 Å². The molecule has 7 rings (SSSR count). The largest absolute Gasteiger partial charge is 0.458 e. The molecular formula is C25H33NO3. The van der Waals surface area contributed by atoms with Crippen LogP contribution in [0.4, 0.5) is 0 Å². The molecule has 0 bridgehead atoms. The Kier molecular flexibility index (Phi) is 3.28. The molecule has 7 aliphatic rings. The fraction of sp³-hybridized carbons (Fsp3) is 0.840. The maximum Gasteiger partial charge on any atom is 0.306 e. The van der Waals surface area contributed by atoms with Gasteiger partial charge in [0.05, 0.1) is 5.71 Å². The summed E-state index contributed by atoms with van der Waals surface area (Å²) in [4.78, 5) is 12.2. The van der Waals surface area contributed by atoms with Gasteiger partial charge in [0.1, 0.15) is 5.60 Å². The molecule has 1 spiro atoms. The fourth-order valence-electron chi connectivity index (χ4n) is 9.72. The van der Waals surface area contributed by atoms with E-state index in [1.165, 1.54) is 44.9 Å². The topological polar surface area (TPSA) is 58.9 Å². The fourth-order valence-corrected chi connectivity index (χ4v) is 9.72. The van der Waals surface area contributed by atoms with E-state index in [-0.39, 0.29) is 17.0 Å². The molecule has 1 N–H and O–H groups in total. The summed E-state index contributed by atoms with van der Waals surface area (Å²) in [5, 5.41) is 12.9. The van der Waals surface area contributed by atoms with Crippen molar-refractivity contribution in [3.05, 3.63) is 11.6 Å². The highest BCUT2D eigenvalue weighted by Crippen LogP contribution is 2.79. The highest BCUT2D eigenvalue weighted by Gasteiger charge is 2.79. The van der Waals surface area contributed by atoms with Crippen LogP contribution in [0.15, 0.2) is 16.8 Å². The standard InChI is InChI=1S/C25H33NO3/c1-24-8-6-17-16-5-4-15(26-28)10-14(16)11-18(13-2-3-13)22(17)23(24)19-12-20(19)25(24)9-7-21(27)29-25/h10,13,16-20,22-23,28H,2-9,11-12H2,1H3/b26-15+/t16-,17?,18+,19-,20+,22?,23?,24-,25-/m0/s1. The maximum absolute atomic E-state index is 12.2. The van der Waals surface area contributed by atoms with Gasteiger partial charge < -0.3 is 9.94 Å². The Morgan fingerprint density at radius 1 is 1.10 bits per heavy atom. The number of rotatable bonds is 1. The number of fused-ring (bicyclic) bond motifs is 9. The summed E-state index contributed by atoms with van der Waals surface area (Å²) in [6.07, 6.45) is 13.9. The molecule has 6 aliphatic carbocycles. The smallest absolute Gasteiger partial charge is 0.306 e. The predicted molar refractivity (Wildman–Crippen MR) is 108 cm³/mol. The summed E-state index contributed by atoms with van der Waals surface area (Å²) >= 11 is 0. The van der Waals surface area contributed by atoms with E-state index in [2.05, 4.69) is 18.2 Å². The van der Waals surface area contributed by atoms with E-state index in [0.717, 1.165) is 54.1 Å². The van der Waals surface area contributed by atoms with Crippen LogP contribution in [0.1, 0.15) is 71.1 Å². The molecule has 4 nitrogen and oxygen atoms in total. The summed E-state index contributed by atoms with van der Waals surface area (Å²) in [5.41, 5.74) is 2.56. The van der Waals surface area contributed by atoms with Crippen LogP contribution in [-0.2, 0) is 9.53 Å². The van der Waals surface area contributed by atoms with Crippen LogP contribution in [0, 0.1) is 52.8 Å². The van der Waals surface area contributed by atoms with Gasteiger partial charge in [0.25, 0.3) is 0 Å². The molecule has 6 fully saturated rings. The predicted octanol–water partition coefficient (Wildman–Crippen LogP) is 4.96. The van der Waals surface area contributed by atoms with Gasteiger partial charge >= 0.3 is 5.97 Å². The van der Waals surface area contributed by atoms with E-state index in [9.17, 15) is 10.0 Å². The minimum atomic E-state index is -0.127. The lowest BCUT2D eigenvalue weighted by atomic mass is 9.46. The van der Waals surface area contributed by atoms with Crippen molar-refractivity contribution in [2.75, 3.05) is 0 Å². The zero-order valence-corrected chi connectivity index (χ0v) is 17.5. The molecule has 4 heteroatoms. The second kappa shape index (κ2) is 5.48. The van der Waals surface area contributed by atoms with E-state index in [1.807, 2.05) is 0 Å². The van der Waals surface area contributed by atoms with Crippen LogP contribution in [0.3, 0.4) is 0 Å². The van der Waals surface area contributed by atoms with Gasteiger partial charge in [0.15, 0.2) is 0 Å². The number of carbonyl (C=O) groups is 1. The highest BCUT2D eigenvalue weighted by atomic mass is 16.6. The van der Waals surface area contributed by atoms with Gasteiger partial charge in [-0.15, -0.1) is 0 Å². The third-order valence-corrected chi connectivity index (χ3v) is 10.9. The van der Waals surface area contributed by atoms with E-state index in [0.29, 0.717) is 18.3 Å². The minimum Gasteiger partial charge on any atom is -0.458 e. The molecule has 0 aromatic rings. The number of carbonyl (C=O) groups excluding carboxylic acids is 1.